The minimum atomic E-state index is -0.0690. The molecule has 0 saturated heterocycles. The van der Waals surface area contributed by atoms with Crippen molar-refractivity contribution in [2.45, 2.75) is 26.2 Å². The summed E-state index contributed by atoms with van der Waals surface area (Å²) in [6, 6.07) is 5.75. The van der Waals surface area contributed by atoms with Gasteiger partial charge in [0.1, 0.15) is 5.75 Å². The predicted molar refractivity (Wildman–Crippen MR) is 71.1 cm³/mol. The molecule has 0 saturated carbocycles. The average molecular weight is 235 g/mol. The molecule has 0 spiro atoms. The number of aliphatic imine (C=N–C) groups is 1. The molecular weight excluding hydrogens is 214 g/mol. The summed E-state index contributed by atoms with van der Waals surface area (Å²) in [4.78, 5) is 4.21. The quantitative estimate of drug-likeness (QED) is 0.644. The number of hydrogen-bond acceptors (Lipinski definition) is 3. The molecule has 0 atom stereocenters. The fourth-order valence-corrected chi connectivity index (χ4v) is 1.58. The maximum Gasteiger partial charge on any atom is 0.128 e. The molecule has 0 aliphatic rings. The van der Waals surface area contributed by atoms with E-state index < -0.39 is 0 Å². The lowest BCUT2D eigenvalue weighted by Gasteiger charge is -2.21. The number of methoxy groups -OCH3 is 1. The monoisotopic (exact) mass is 235 g/mol. The standard InChI is InChI=1S/C14H21NO2/c1-14(2,3)12-7-5-6-11(13(12)16)10-15-8-9-17-4/h5-7,10,16H,8-9H2,1-4H3. The number of ether oxygens (including phenoxy) is 1. The van der Waals surface area contributed by atoms with E-state index in [4.69, 9.17) is 4.74 Å². The molecule has 1 N–H and O–H groups in total. The second-order valence-corrected chi connectivity index (χ2v) is 5.02. The van der Waals surface area contributed by atoms with Gasteiger partial charge in [0.25, 0.3) is 0 Å². The van der Waals surface area contributed by atoms with E-state index in [1.165, 1.54) is 0 Å². The highest BCUT2D eigenvalue weighted by atomic mass is 16.5. The highest BCUT2D eigenvalue weighted by Crippen LogP contribution is 2.32. The van der Waals surface area contributed by atoms with Gasteiger partial charge in [0.2, 0.25) is 0 Å². The molecule has 0 heterocycles. The summed E-state index contributed by atoms with van der Waals surface area (Å²) in [5.74, 6) is 0.321. The van der Waals surface area contributed by atoms with E-state index in [2.05, 4.69) is 25.8 Å². The molecule has 17 heavy (non-hydrogen) atoms. The largest absolute Gasteiger partial charge is 0.507 e. The molecule has 0 radical (unpaired) electrons. The van der Waals surface area contributed by atoms with E-state index in [-0.39, 0.29) is 5.41 Å². The van der Waals surface area contributed by atoms with Crippen LogP contribution in [0, 0.1) is 0 Å². The van der Waals surface area contributed by atoms with E-state index in [1.54, 1.807) is 13.3 Å². The summed E-state index contributed by atoms with van der Waals surface area (Å²) in [5, 5.41) is 10.2. The first-order chi connectivity index (χ1) is 7.96. The average Bonchev–Trinajstić information content (AvgIpc) is 2.25. The zero-order chi connectivity index (χ0) is 12.9. The first kappa shape index (κ1) is 13.7. The van der Waals surface area contributed by atoms with Crippen molar-refractivity contribution >= 4 is 6.21 Å². The summed E-state index contributed by atoms with van der Waals surface area (Å²) < 4.78 is 4.91. The van der Waals surface area contributed by atoms with Crippen LogP contribution in [0.3, 0.4) is 0 Å². The summed E-state index contributed by atoms with van der Waals surface area (Å²) in [6.07, 6.45) is 1.70. The molecule has 1 aromatic carbocycles. The lowest BCUT2D eigenvalue weighted by molar-refractivity contribution is 0.208. The second-order valence-electron chi connectivity index (χ2n) is 5.02. The highest BCUT2D eigenvalue weighted by molar-refractivity contribution is 5.84. The Kier molecular flexibility index (Phi) is 4.70. The Balaban J connectivity index is 2.91. The number of nitrogens with zero attached hydrogens (tertiary/aromatic N) is 1. The minimum absolute atomic E-state index is 0.0690. The van der Waals surface area contributed by atoms with Crippen LogP contribution in [-0.2, 0) is 10.2 Å². The molecule has 0 fully saturated rings. The molecule has 0 aliphatic carbocycles. The van der Waals surface area contributed by atoms with E-state index >= 15 is 0 Å². The van der Waals surface area contributed by atoms with Crippen LogP contribution in [0.1, 0.15) is 31.9 Å². The van der Waals surface area contributed by atoms with Crippen LogP contribution in [0.2, 0.25) is 0 Å². The van der Waals surface area contributed by atoms with Crippen LogP contribution in [0.15, 0.2) is 23.2 Å². The maximum atomic E-state index is 10.2. The van der Waals surface area contributed by atoms with Crippen LogP contribution >= 0.6 is 0 Å². The van der Waals surface area contributed by atoms with Gasteiger partial charge in [-0.15, -0.1) is 0 Å². The Morgan fingerprint density at radius 2 is 2.06 bits per heavy atom. The fraction of sp³-hybridized carbons (Fsp3) is 0.500. The third kappa shape index (κ3) is 3.86. The van der Waals surface area contributed by atoms with Gasteiger partial charge < -0.3 is 9.84 Å². The van der Waals surface area contributed by atoms with Crippen LogP contribution in [-0.4, -0.2) is 31.6 Å². The van der Waals surface area contributed by atoms with Crippen molar-refractivity contribution in [3.05, 3.63) is 29.3 Å². The molecule has 3 nitrogen and oxygen atoms in total. The van der Waals surface area contributed by atoms with E-state index in [0.717, 1.165) is 11.1 Å². The van der Waals surface area contributed by atoms with E-state index in [0.29, 0.717) is 18.9 Å². The first-order valence-electron chi connectivity index (χ1n) is 5.78. The molecule has 1 rings (SSSR count). The molecule has 0 aromatic heterocycles. The van der Waals surface area contributed by atoms with Gasteiger partial charge in [0.05, 0.1) is 13.2 Å². The number of hydrogen-bond donors (Lipinski definition) is 1. The molecule has 0 unspecified atom stereocenters. The normalized spacial score (nSPS) is 12.2. The lowest BCUT2D eigenvalue weighted by Crippen LogP contribution is -2.11. The fourth-order valence-electron chi connectivity index (χ4n) is 1.58. The van der Waals surface area contributed by atoms with Crippen LogP contribution < -0.4 is 0 Å². The SMILES string of the molecule is COCCN=Cc1cccc(C(C)(C)C)c1O. The van der Waals surface area contributed by atoms with Crippen molar-refractivity contribution in [1.82, 2.24) is 0 Å². The van der Waals surface area contributed by atoms with Gasteiger partial charge in [-0.2, -0.15) is 0 Å². The van der Waals surface area contributed by atoms with Gasteiger partial charge in [-0.1, -0.05) is 32.9 Å². The Hall–Kier alpha value is -1.35. The molecule has 0 bridgehead atoms. The van der Waals surface area contributed by atoms with Crippen LogP contribution in [0.5, 0.6) is 5.75 Å². The van der Waals surface area contributed by atoms with Crippen molar-refractivity contribution in [1.29, 1.82) is 0 Å². The van der Waals surface area contributed by atoms with Gasteiger partial charge in [0, 0.05) is 18.9 Å². The van der Waals surface area contributed by atoms with Crippen molar-refractivity contribution in [3.63, 3.8) is 0 Å². The second kappa shape index (κ2) is 5.82. The third-order valence-electron chi connectivity index (χ3n) is 2.53. The number of phenols is 1. The van der Waals surface area contributed by atoms with E-state index in [1.807, 2.05) is 18.2 Å². The molecular formula is C14H21NO2. The van der Waals surface area contributed by atoms with Gasteiger partial charge in [-0.05, 0) is 17.0 Å². The van der Waals surface area contributed by atoms with Gasteiger partial charge in [0.15, 0.2) is 0 Å². The Morgan fingerprint density at radius 3 is 2.65 bits per heavy atom. The van der Waals surface area contributed by atoms with Crippen molar-refractivity contribution in [3.8, 4) is 5.75 Å². The summed E-state index contributed by atoms with van der Waals surface area (Å²) in [6.45, 7) is 7.43. The van der Waals surface area contributed by atoms with Gasteiger partial charge in [-0.3, -0.25) is 4.99 Å². The predicted octanol–water partition coefficient (Wildman–Crippen LogP) is 2.76. The lowest BCUT2D eigenvalue weighted by atomic mass is 9.85. The zero-order valence-electron chi connectivity index (χ0n) is 11.0. The number of benzene rings is 1. The van der Waals surface area contributed by atoms with Crippen LogP contribution in [0.25, 0.3) is 0 Å². The Morgan fingerprint density at radius 1 is 1.35 bits per heavy atom. The summed E-state index contributed by atoms with van der Waals surface area (Å²) in [5.41, 5.74) is 1.63. The minimum Gasteiger partial charge on any atom is -0.507 e. The van der Waals surface area contributed by atoms with Gasteiger partial charge in [-0.25, -0.2) is 0 Å². The molecule has 0 aliphatic heterocycles. The van der Waals surface area contributed by atoms with Gasteiger partial charge >= 0.3 is 0 Å². The van der Waals surface area contributed by atoms with Crippen LogP contribution in [0.4, 0.5) is 0 Å². The Labute approximate surface area is 103 Å². The number of phenolic OH excluding ortho intramolecular Hbond substituents is 1. The van der Waals surface area contributed by atoms with E-state index in [9.17, 15) is 5.11 Å². The first-order valence-corrected chi connectivity index (χ1v) is 5.78. The zero-order valence-corrected chi connectivity index (χ0v) is 11.0. The smallest absolute Gasteiger partial charge is 0.128 e. The topological polar surface area (TPSA) is 41.8 Å². The summed E-state index contributed by atoms with van der Waals surface area (Å²) in [7, 11) is 1.65. The number of aromatic hydroxyl groups is 1. The molecule has 94 valence electrons. The number of para-hydroxylation sites is 1. The van der Waals surface area contributed by atoms with Crippen molar-refractivity contribution in [2.75, 3.05) is 20.3 Å². The maximum absolute atomic E-state index is 10.2. The third-order valence-corrected chi connectivity index (χ3v) is 2.53. The molecule has 0 amide bonds. The molecule has 1 aromatic rings. The Bertz CT molecular complexity index is 392. The summed E-state index contributed by atoms with van der Waals surface area (Å²) >= 11 is 0. The van der Waals surface area contributed by atoms with Crippen molar-refractivity contribution in [2.24, 2.45) is 4.99 Å². The number of rotatable bonds is 4. The molecule has 3 heteroatoms. The van der Waals surface area contributed by atoms with Crippen molar-refractivity contribution < 1.29 is 9.84 Å². The highest BCUT2D eigenvalue weighted by Gasteiger charge is 2.18.